The van der Waals surface area contributed by atoms with Gasteiger partial charge < -0.3 is 10.0 Å². The third-order valence-electron chi connectivity index (χ3n) is 2.48. The average Bonchev–Trinajstić information content (AvgIpc) is 2.77. The molecule has 15 heavy (non-hydrogen) atoms. The highest BCUT2D eigenvalue weighted by Gasteiger charge is 2.26. The van der Waals surface area contributed by atoms with Crippen molar-refractivity contribution in [3.63, 3.8) is 0 Å². The van der Waals surface area contributed by atoms with Crippen molar-refractivity contribution in [2.24, 2.45) is 0 Å². The predicted molar refractivity (Wildman–Crippen MR) is 51.8 cm³/mol. The van der Waals surface area contributed by atoms with Crippen LogP contribution in [0.4, 0.5) is 0 Å². The Labute approximate surface area is 87.5 Å². The van der Waals surface area contributed by atoms with Crippen molar-refractivity contribution in [2.75, 3.05) is 13.1 Å². The molecular formula is C9H14N4O2. The first-order valence-electron chi connectivity index (χ1n) is 5.05. The SMILES string of the molecule is O=C1CC(O)CN1CCCn1ccnn1. The second-order valence-electron chi connectivity index (χ2n) is 3.72. The summed E-state index contributed by atoms with van der Waals surface area (Å²) < 4.78 is 1.73. The Kier molecular flexibility index (Phi) is 2.96. The first-order valence-corrected chi connectivity index (χ1v) is 5.05. The largest absolute Gasteiger partial charge is 0.391 e. The Hall–Kier alpha value is -1.43. The number of amides is 1. The lowest BCUT2D eigenvalue weighted by molar-refractivity contribution is -0.127. The Bertz CT molecular complexity index is 325. The van der Waals surface area contributed by atoms with Crippen molar-refractivity contribution in [1.29, 1.82) is 0 Å². The molecule has 1 atom stereocenters. The van der Waals surface area contributed by atoms with Crippen molar-refractivity contribution in [3.8, 4) is 0 Å². The highest BCUT2D eigenvalue weighted by Crippen LogP contribution is 2.10. The molecular weight excluding hydrogens is 196 g/mol. The molecule has 2 rings (SSSR count). The molecule has 0 aromatic carbocycles. The number of likely N-dealkylation sites (tertiary alicyclic amines) is 1. The number of aliphatic hydroxyl groups excluding tert-OH is 1. The maximum Gasteiger partial charge on any atom is 0.225 e. The average molecular weight is 210 g/mol. The fourth-order valence-electron chi connectivity index (χ4n) is 1.74. The second-order valence-corrected chi connectivity index (χ2v) is 3.72. The lowest BCUT2D eigenvalue weighted by Crippen LogP contribution is -2.27. The highest BCUT2D eigenvalue weighted by molar-refractivity contribution is 5.78. The summed E-state index contributed by atoms with van der Waals surface area (Å²) >= 11 is 0. The monoisotopic (exact) mass is 210 g/mol. The zero-order valence-corrected chi connectivity index (χ0v) is 8.41. The van der Waals surface area contributed by atoms with E-state index in [1.165, 1.54) is 0 Å². The summed E-state index contributed by atoms with van der Waals surface area (Å²) in [6.07, 6.45) is 4.04. The van der Waals surface area contributed by atoms with Gasteiger partial charge in [-0.3, -0.25) is 9.48 Å². The highest BCUT2D eigenvalue weighted by atomic mass is 16.3. The number of nitrogens with zero attached hydrogens (tertiary/aromatic N) is 4. The zero-order chi connectivity index (χ0) is 10.7. The number of carbonyl (C=O) groups excluding carboxylic acids is 1. The number of aromatic nitrogens is 3. The van der Waals surface area contributed by atoms with E-state index in [4.69, 9.17) is 0 Å². The number of hydrogen-bond donors (Lipinski definition) is 1. The molecule has 1 aromatic heterocycles. The molecule has 0 radical (unpaired) electrons. The first-order chi connectivity index (χ1) is 7.25. The zero-order valence-electron chi connectivity index (χ0n) is 8.41. The van der Waals surface area contributed by atoms with Crippen molar-refractivity contribution in [2.45, 2.75) is 25.5 Å². The molecule has 0 saturated carbocycles. The molecule has 1 aliphatic rings. The molecule has 1 saturated heterocycles. The number of β-amino-alcohol motifs (C(OH)–C–C–N with tert-alkyl or cyclic N) is 1. The summed E-state index contributed by atoms with van der Waals surface area (Å²) in [5.41, 5.74) is 0. The van der Waals surface area contributed by atoms with Crippen molar-refractivity contribution in [1.82, 2.24) is 19.9 Å². The van der Waals surface area contributed by atoms with E-state index in [9.17, 15) is 9.90 Å². The Balaban J connectivity index is 1.72. The van der Waals surface area contributed by atoms with Crippen LogP contribution in [0, 0.1) is 0 Å². The van der Waals surface area contributed by atoms with Crippen LogP contribution >= 0.6 is 0 Å². The first kappa shape index (κ1) is 10.1. The van der Waals surface area contributed by atoms with Gasteiger partial charge in [0.15, 0.2) is 0 Å². The molecule has 82 valence electrons. The second kappa shape index (κ2) is 4.39. The van der Waals surface area contributed by atoms with Crippen molar-refractivity contribution >= 4 is 5.91 Å². The smallest absolute Gasteiger partial charge is 0.225 e. The van der Waals surface area contributed by atoms with Gasteiger partial charge in [-0.2, -0.15) is 0 Å². The minimum atomic E-state index is -0.483. The molecule has 1 N–H and O–H groups in total. The van der Waals surface area contributed by atoms with E-state index in [-0.39, 0.29) is 12.3 Å². The fourth-order valence-corrected chi connectivity index (χ4v) is 1.74. The van der Waals surface area contributed by atoms with Crippen LogP contribution in [0.2, 0.25) is 0 Å². The molecule has 0 aliphatic carbocycles. The van der Waals surface area contributed by atoms with E-state index >= 15 is 0 Å². The molecule has 0 bridgehead atoms. The number of aryl methyl sites for hydroxylation is 1. The molecule has 6 nitrogen and oxygen atoms in total. The molecule has 6 heteroatoms. The van der Waals surface area contributed by atoms with E-state index in [0.29, 0.717) is 13.1 Å². The Morgan fingerprint density at radius 1 is 1.53 bits per heavy atom. The lowest BCUT2D eigenvalue weighted by Gasteiger charge is -2.14. The maximum absolute atomic E-state index is 11.3. The van der Waals surface area contributed by atoms with E-state index in [0.717, 1.165) is 13.0 Å². The van der Waals surface area contributed by atoms with E-state index in [1.807, 2.05) is 0 Å². The lowest BCUT2D eigenvalue weighted by atomic mass is 10.3. The number of carbonyl (C=O) groups is 1. The van der Waals surface area contributed by atoms with Crippen LogP contribution in [0.5, 0.6) is 0 Å². The third-order valence-corrected chi connectivity index (χ3v) is 2.48. The number of hydrogen-bond acceptors (Lipinski definition) is 4. The molecule has 2 heterocycles. The van der Waals surface area contributed by atoms with Gasteiger partial charge in [0.2, 0.25) is 5.91 Å². The topological polar surface area (TPSA) is 71.2 Å². The van der Waals surface area contributed by atoms with Gasteiger partial charge in [-0.25, -0.2) is 0 Å². The minimum Gasteiger partial charge on any atom is -0.391 e. The summed E-state index contributed by atoms with van der Waals surface area (Å²) in [5.74, 6) is 0.0427. The predicted octanol–water partition coefficient (Wildman–Crippen LogP) is -0.739. The summed E-state index contributed by atoms with van der Waals surface area (Å²) in [4.78, 5) is 13.0. The van der Waals surface area contributed by atoms with Crippen molar-refractivity contribution < 1.29 is 9.90 Å². The standard InChI is InChI=1S/C9H14N4O2/c14-8-6-9(15)12(7-8)3-1-4-13-5-2-10-11-13/h2,5,8,14H,1,3-4,6-7H2. The van der Waals surface area contributed by atoms with E-state index in [1.54, 1.807) is 22.0 Å². The molecule has 1 aliphatic heterocycles. The molecule has 1 fully saturated rings. The van der Waals surface area contributed by atoms with Crippen molar-refractivity contribution in [3.05, 3.63) is 12.4 Å². The van der Waals surface area contributed by atoms with Gasteiger partial charge in [0.25, 0.3) is 0 Å². The van der Waals surface area contributed by atoms with Gasteiger partial charge in [-0.05, 0) is 6.42 Å². The van der Waals surface area contributed by atoms with Gasteiger partial charge in [-0.1, -0.05) is 5.21 Å². The van der Waals surface area contributed by atoms with Gasteiger partial charge >= 0.3 is 0 Å². The van der Waals surface area contributed by atoms with Gasteiger partial charge in [-0.15, -0.1) is 5.10 Å². The van der Waals surface area contributed by atoms with Crippen LogP contribution in [0.25, 0.3) is 0 Å². The summed E-state index contributed by atoms with van der Waals surface area (Å²) in [5, 5.41) is 16.8. The van der Waals surface area contributed by atoms with Crippen LogP contribution < -0.4 is 0 Å². The third kappa shape index (κ3) is 2.53. The normalized spacial score (nSPS) is 21.3. The maximum atomic E-state index is 11.3. The minimum absolute atomic E-state index is 0.0427. The summed E-state index contributed by atoms with van der Waals surface area (Å²) in [6, 6.07) is 0. The van der Waals surface area contributed by atoms with Crippen LogP contribution in [0.3, 0.4) is 0 Å². The molecule has 1 unspecified atom stereocenters. The quantitative estimate of drug-likeness (QED) is 0.710. The fraction of sp³-hybridized carbons (Fsp3) is 0.667. The van der Waals surface area contributed by atoms with Gasteiger partial charge in [0.1, 0.15) is 0 Å². The van der Waals surface area contributed by atoms with Crippen LogP contribution in [-0.4, -0.2) is 50.1 Å². The van der Waals surface area contributed by atoms with Gasteiger partial charge in [0, 0.05) is 25.8 Å². The summed E-state index contributed by atoms with van der Waals surface area (Å²) in [6.45, 7) is 1.89. The van der Waals surface area contributed by atoms with E-state index in [2.05, 4.69) is 10.3 Å². The molecule has 1 aromatic rings. The Morgan fingerprint density at radius 2 is 2.40 bits per heavy atom. The van der Waals surface area contributed by atoms with Crippen LogP contribution in [0.1, 0.15) is 12.8 Å². The van der Waals surface area contributed by atoms with Crippen LogP contribution in [0.15, 0.2) is 12.4 Å². The Morgan fingerprint density at radius 3 is 3.00 bits per heavy atom. The molecule has 1 amide bonds. The van der Waals surface area contributed by atoms with Crippen LogP contribution in [-0.2, 0) is 11.3 Å². The molecule has 0 spiro atoms. The van der Waals surface area contributed by atoms with E-state index < -0.39 is 6.10 Å². The summed E-state index contributed by atoms with van der Waals surface area (Å²) in [7, 11) is 0. The number of rotatable bonds is 4. The number of aliphatic hydroxyl groups is 1. The van der Waals surface area contributed by atoms with Gasteiger partial charge in [0.05, 0.1) is 18.7 Å².